The molecule has 3 aromatic heterocycles. The lowest BCUT2D eigenvalue weighted by molar-refractivity contribution is 0.273. The first-order valence-corrected chi connectivity index (χ1v) is 12.2. The Labute approximate surface area is 200 Å². The summed E-state index contributed by atoms with van der Waals surface area (Å²) < 4.78 is 6.57. The first-order chi connectivity index (χ1) is 16.3. The highest BCUT2D eigenvalue weighted by Gasteiger charge is 2.49. The molecule has 0 spiro atoms. The predicted octanol–water partition coefficient (Wildman–Crippen LogP) is 8.24. The fourth-order valence-corrected chi connectivity index (χ4v) is 6.36. The quantitative estimate of drug-likeness (QED) is 0.280. The molecule has 5 aromatic rings. The molecular weight excluding hydrogens is 416 g/mol. The summed E-state index contributed by atoms with van der Waals surface area (Å²) in [6.07, 6.45) is 1.92. The maximum Gasteiger partial charge on any atom is 0.227 e. The van der Waals surface area contributed by atoms with E-state index in [1.54, 1.807) is 0 Å². The van der Waals surface area contributed by atoms with Crippen molar-refractivity contribution in [3.63, 3.8) is 0 Å². The molecule has 0 unspecified atom stereocenters. The molecule has 3 nitrogen and oxygen atoms in total. The van der Waals surface area contributed by atoms with Gasteiger partial charge in [-0.2, -0.15) is 0 Å². The summed E-state index contributed by atoms with van der Waals surface area (Å²) in [4.78, 5) is 10.0. The lowest BCUT2D eigenvalue weighted by atomic mass is 9.64. The van der Waals surface area contributed by atoms with Crippen molar-refractivity contribution in [1.82, 2.24) is 9.97 Å². The van der Waals surface area contributed by atoms with Gasteiger partial charge in [0, 0.05) is 33.5 Å². The van der Waals surface area contributed by atoms with Gasteiger partial charge in [-0.3, -0.25) is 4.98 Å². The van der Waals surface area contributed by atoms with Gasteiger partial charge in [0.1, 0.15) is 5.58 Å². The third-order valence-corrected chi connectivity index (χ3v) is 7.89. The smallest absolute Gasteiger partial charge is 0.227 e. The number of fused-ring (bicyclic) bond motifs is 6. The van der Waals surface area contributed by atoms with Crippen LogP contribution in [0.5, 0.6) is 0 Å². The Morgan fingerprint density at radius 2 is 1.59 bits per heavy atom. The Morgan fingerprint density at radius 3 is 2.29 bits per heavy atom. The van der Waals surface area contributed by atoms with Gasteiger partial charge in [-0.05, 0) is 60.1 Å². The van der Waals surface area contributed by atoms with Crippen LogP contribution in [0, 0.1) is 25.7 Å². The number of aryl methyl sites for hydroxylation is 2. The zero-order valence-electron chi connectivity index (χ0n) is 20.7. The molecule has 0 amide bonds. The van der Waals surface area contributed by atoms with Crippen molar-refractivity contribution in [3.8, 4) is 22.4 Å². The van der Waals surface area contributed by atoms with Crippen molar-refractivity contribution >= 4 is 22.1 Å². The van der Waals surface area contributed by atoms with Crippen LogP contribution in [0.2, 0.25) is 0 Å². The number of rotatable bonds is 3. The van der Waals surface area contributed by atoms with Gasteiger partial charge >= 0.3 is 0 Å². The summed E-state index contributed by atoms with van der Waals surface area (Å²) in [6.45, 7) is 13.5. The van der Waals surface area contributed by atoms with Crippen molar-refractivity contribution in [2.45, 2.75) is 47.0 Å². The van der Waals surface area contributed by atoms with Crippen LogP contribution in [0.25, 0.3) is 44.5 Å². The average molecular weight is 447 g/mol. The van der Waals surface area contributed by atoms with Crippen molar-refractivity contribution in [2.75, 3.05) is 0 Å². The molecule has 0 atom stereocenters. The molecule has 170 valence electrons. The lowest BCUT2D eigenvalue weighted by Gasteiger charge is -2.39. The summed E-state index contributed by atoms with van der Waals surface area (Å²) >= 11 is 0. The number of furan rings is 1. The number of nitrogens with zero attached hydrogens (tertiary/aromatic N) is 2. The summed E-state index contributed by atoms with van der Waals surface area (Å²) in [7, 11) is 0. The van der Waals surface area contributed by atoms with Gasteiger partial charge in [0.2, 0.25) is 5.71 Å². The Morgan fingerprint density at radius 1 is 0.824 bits per heavy atom. The van der Waals surface area contributed by atoms with Crippen molar-refractivity contribution in [1.29, 1.82) is 0 Å². The largest absolute Gasteiger partial charge is 0.437 e. The molecule has 6 rings (SSSR count). The van der Waals surface area contributed by atoms with E-state index < -0.39 is 0 Å². The number of benzene rings is 2. The highest BCUT2D eigenvalue weighted by Crippen LogP contribution is 2.56. The molecule has 0 saturated carbocycles. The van der Waals surface area contributed by atoms with Crippen molar-refractivity contribution in [2.24, 2.45) is 11.8 Å². The molecule has 3 heterocycles. The summed E-state index contributed by atoms with van der Waals surface area (Å²) in [5, 5.41) is 2.16. The van der Waals surface area contributed by atoms with Crippen molar-refractivity contribution in [3.05, 3.63) is 83.2 Å². The zero-order chi connectivity index (χ0) is 23.8. The van der Waals surface area contributed by atoms with Crippen LogP contribution in [-0.4, -0.2) is 9.97 Å². The van der Waals surface area contributed by atoms with Gasteiger partial charge in [-0.15, -0.1) is 0 Å². The minimum absolute atomic E-state index is 0.143. The molecule has 0 radical (unpaired) electrons. The van der Waals surface area contributed by atoms with Crippen LogP contribution in [0.4, 0.5) is 0 Å². The number of aromatic nitrogens is 2. The van der Waals surface area contributed by atoms with Crippen molar-refractivity contribution < 1.29 is 4.42 Å². The van der Waals surface area contributed by atoms with E-state index in [2.05, 4.69) is 96.1 Å². The molecule has 34 heavy (non-hydrogen) atoms. The summed E-state index contributed by atoms with van der Waals surface area (Å²) in [5.41, 5.74) is 10.8. The Kier molecular flexibility index (Phi) is 4.51. The number of hydrogen-bond donors (Lipinski definition) is 0. The van der Waals surface area contributed by atoms with Crippen LogP contribution < -0.4 is 0 Å². The normalized spacial score (nSPS) is 14.4. The van der Waals surface area contributed by atoms with Crippen LogP contribution >= 0.6 is 0 Å². The van der Waals surface area contributed by atoms with E-state index in [9.17, 15) is 0 Å². The van der Waals surface area contributed by atoms with Crippen LogP contribution in [0.3, 0.4) is 0 Å². The van der Waals surface area contributed by atoms with Gasteiger partial charge in [-0.25, -0.2) is 4.98 Å². The van der Waals surface area contributed by atoms with Gasteiger partial charge < -0.3 is 4.42 Å². The predicted molar refractivity (Wildman–Crippen MR) is 140 cm³/mol. The second-order valence-electron chi connectivity index (χ2n) is 10.4. The van der Waals surface area contributed by atoms with E-state index in [0.29, 0.717) is 17.5 Å². The highest BCUT2D eigenvalue weighted by atomic mass is 16.3. The monoisotopic (exact) mass is 446 g/mol. The Bertz CT molecular complexity index is 1560. The SMILES string of the molecule is Cc1ccc(-c2c(C)ccc3c2oc2nc4c(cc23)-c2ccccc2C4(C(C)C)C(C)C)nc1. The first-order valence-electron chi connectivity index (χ1n) is 12.2. The fourth-order valence-electron chi connectivity index (χ4n) is 6.36. The van der Waals surface area contributed by atoms with Crippen LogP contribution in [0.1, 0.15) is 50.1 Å². The standard InChI is InChI=1S/C31H30N2O/c1-17(2)31(18(3)4)25-10-8-7-9-21(25)23-15-24-22-13-12-20(6)27(26-14-11-19(5)16-32-26)28(22)34-30(24)33-29(23)31/h7-18H,1-6H3. The summed E-state index contributed by atoms with van der Waals surface area (Å²) in [5.74, 6) is 0.803. The van der Waals surface area contributed by atoms with E-state index in [1.807, 2.05) is 6.20 Å². The van der Waals surface area contributed by atoms with Crippen LogP contribution in [-0.2, 0) is 5.41 Å². The fraction of sp³-hybridized carbons (Fsp3) is 0.290. The molecule has 0 aliphatic heterocycles. The minimum atomic E-state index is -0.143. The molecule has 0 bridgehead atoms. The van der Waals surface area contributed by atoms with Gasteiger partial charge in [-0.1, -0.05) is 70.2 Å². The first kappa shape index (κ1) is 21.1. The number of hydrogen-bond acceptors (Lipinski definition) is 3. The molecule has 2 aromatic carbocycles. The van der Waals surface area contributed by atoms with E-state index in [1.165, 1.54) is 16.7 Å². The van der Waals surface area contributed by atoms with Gasteiger partial charge in [0.15, 0.2) is 0 Å². The molecular formula is C31H30N2O. The van der Waals surface area contributed by atoms with E-state index in [0.717, 1.165) is 44.4 Å². The maximum atomic E-state index is 6.57. The Balaban J connectivity index is 1.70. The van der Waals surface area contributed by atoms with E-state index in [-0.39, 0.29) is 5.41 Å². The van der Waals surface area contributed by atoms with Gasteiger partial charge in [0.05, 0.1) is 11.4 Å². The second kappa shape index (κ2) is 7.27. The topological polar surface area (TPSA) is 38.9 Å². The van der Waals surface area contributed by atoms with E-state index >= 15 is 0 Å². The molecule has 1 aliphatic rings. The summed E-state index contributed by atoms with van der Waals surface area (Å²) in [6, 6.07) is 19.7. The molecule has 0 fully saturated rings. The average Bonchev–Trinajstić information content (AvgIpc) is 3.31. The molecule has 3 heteroatoms. The van der Waals surface area contributed by atoms with E-state index in [4.69, 9.17) is 14.4 Å². The van der Waals surface area contributed by atoms with Gasteiger partial charge in [0.25, 0.3) is 0 Å². The molecule has 0 N–H and O–H groups in total. The number of pyridine rings is 2. The zero-order valence-corrected chi connectivity index (χ0v) is 20.7. The Hall–Kier alpha value is -3.46. The minimum Gasteiger partial charge on any atom is -0.437 e. The lowest BCUT2D eigenvalue weighted by Crippen LogP contribution is -2.38. The molecule has 0 saturated heterocycles. The second-order valence-corrected chi connectivity index (χ2v) is 10.4. The third-order valence-electron chi connectivity index (χ3n) is 7.89. The highest BCUT2D eigenvalue weighted by molar-refractivity contribution is 6.10. The van der Waals surface area contributed by atoms with Crippen LogP contribution in [0.15, 0.2) is 65.2 Å². The maximum absolute atomic E-state index is 6.57. The third kappa shape index (κ3) is 2.64. The molecule has 1 aliphatic carbocycles.